The first-order chi connectivity index (χ1) is 12.0. The molecule has 0 radical (unpaired) electrons. The van der Waals surface area contributed by atoms with E-state index < -0.39 is 29.4 Å². The fraction of sp³-hybridized carbons (Fsp3) is 0.529. The summed E-state index contributed by atoms with van der Waals surface area (Å²) in [7, 11) is 0. The van der Waals surface area contributed by atoms with Gasteiger partial charge in [0.1, 0.15) is 5.60 Å². The van der Waals surface area contributed by atoms with Gasteiger partial charge in [0.2, 0.25) is 0 Å². The number of rotatable bonds is 2. The maximum Gasteiger partial charge on any atom is 0.428 e. The van der Waals surface area contributed by atoms with Gasteiger partial charge in [-0.3, -0.25) is 4.99 Å². The fourth-order valence-electron chi connectivity index (χ4n) is 2.44. The molecule has 1 aromatic rings. The summed E-state index contributed by atoms with van der Waals surface area (Å²) in [5.74, 6) is -2.10. The van der Waals surface area contributed by atoms with Crippen LogP contribution in [0.4, 0.5) is 17.5 Å². The van der Waals surface area contributed by atoms with Crippen molar-refractivity contribution in [2.45, 2.75) is 51.5 Å². The highest BCUT2D eigenvalue weighted by atomic mass is 32.2. The lowest BCUT2D eigenvalue weighted by Gasteiger charge is -2.34. The molecule has 0 saturated carbocycles. The molecule has 0 spiro atoms. The minimum Gasteiger partial charge on any atom is -0.443 e. The van der Waals surface area contributed by atoms with E-state index in [1.54, 1.807) is 20.8 Å². The van der Waals surface area contributed by atoms with E-state index in [1.165, 1.54) is 23.9 Å². The van der Waals surface area contributed by atoms with E-state index in [4.69, 9.17) is 4.74 Å². The Bertz CT molecular complexity index is 710. The highest BCUT2D eigenvalue weighted by Gasteiger charge is 2.37. The van der Waals surface area contributed by atoms with Crippen molar-refractivity contribution in [3.63, 3.8) is 0 Å². The highest BCUT2D eigenvalue weighted by molar-refractivity contribution is 8.15. The van der Waals surface area contributed by atoms with Gasteiger partial charge in [-0.05, 0) is 32.8 Å². The maximum atomic E-state index is 14.2. The number of aliphatic imine (C=N–C) groups is 1. The third-order valence-electron chi connectivity index (χ3n) is 3.88. The molecule has 0 fully saturated rings. The van der Waals surface area contributed by atoms with E-state index >= 15 is 0 Å². The summed E-state index contributed by atoms with van der Waals surface area (Å²) in [4.78, 5) is 16.6. The predicted molar refractivity (Wildman–Crippen MR) is 99.5 cm³/mol. The van der Waals surface area contributed by atoms with Crippen molar-refractivity contribution < 1.29 is 22.2 Å². The van der Waals surface area contributed by atoms with Crippen LogP contribution in [0.15, 0.2) is 23.2 Å². The SMILES string of the molecule is CC1SC(N(SF)C(=O)OC(C)(C)C)=NC(c2cccc(F)c2F)[C@@H]1C. The Labute approximate surface area is 160 Å². The Morgan fingerprint density at radius 2 is 1.96 bits per heavy atom. The molecule has 0 aromatic heterocycles. The monoisotopic (exact) mass is 406 g/mol. The average Bonchev–Trinajstić information content (AvgIpc) is 2.52. The fourth-order valence-corrected chi connectivity index (χ4v) is 3.89. The van der Waals surface area contributed by atoms with Crippen molar-refractivity contribution in [3.05, 3.63) is 35.4 Å². The van der Waals surface area contributed by atoms with E-state index in [1.807, 2.05) is 13.8 Å². The lowest BCUT2D eigenvalue weighted by Crippen LogP contribution is -2.38. The number of ether oxygens (including phenoxy) is 1. The molecule has 1 amide bonds. The molecule has 0 saturated heterocycles. The Kier molecular flexibility index (Phi) is 6.55. The van der Waals surface area contributed by atoms with Gasteiger partial charge in [0, 0.05) is 10.8 Å². The van der Waals surface area contributed by atoms with Crippen molar-refractivity contribution in [1.82, 2.24) is 4.31 Å². The number of hydrogen-bond acceptors (Lipinski definition) is 5. The number of hydrogen-bond donors (Lipinski definition) is 0. The van der Waals surface area contributed by atoms with Gasteiger partial charge in [-0.2, -0.15) is 4.31 Å². The standard InChI is InChI=1S/C17H21F3N2O2S2/c1-9-10(2)25-15(22(26-20)16(23)24-17(3,4)5)21-14(9)11-7-6-8-12(18)13(11)19/h6-10,14H,1-5H3/t9-,10?,14?/m1/s1. The first kappa shape index (κ1) is 21.0. The van der Waals surface area contributed by atoms with E-state index in [-0.39, 0.29) is 34.2 Å². The topological polar surface area (TPSA) is 41.9 Å². The predicted octanol–water partition coefficient (Wildman–Crippen LogP) is 5.90. The number of thioether (sulfide) groups is 1. The van der Waals surface area contributed by atoms with Crippen LogP contribution in [0.3, 0.4) is 0 Å². The maximum absolute atomic E-state index is 14.2. The summed E-state index contributed by atoms with van der Waals surface area (Å²) >= 11 is 0.860. The first-order valence-electron chi connectivity index (χ1n) is 8.05. The zero-order chi connectivity index (χ0) is 19.6. The minimum atomic E-state index is -0.983. The summed E-state index contributed by atoms with van der Waals surface area (Å²) in [6, 6.07) is 3.13. The van der Waals surface area contributed by atoms with E-state index in [0.29, 0.717) is 4.31 Å². The van der Waals surface area contributed by atoms with Crippen molar-refractivity contribution in [2.75, 3.05) is 0 Å². The zero-order valence-electron chi connectivity index (χ0n) is 15.1. The third kappa shape index (κ3) is 4.68. The molecule has 0 bridgehead atoms. The molecule has 4 nitrogen and oxygen atoms in total. The third-order valence-corrected chi connectivity index (χ3v) is 5.76. The molecular formula is C17H21F3N2O2S2. The second-order valence-corrected chi connectivity index (χ2v) is 8.87. The largest absolute Gasteiger partial charge is 0.443 e. The quantitative estimate of drug-likeness (QED) is 0.573. The van der Waals surface area contributed by atoms with Crippen LogP contribution in [-0.2, 0) is 4.74 Å². The Hall–Kier alpha value is -1.35. The van der Waals surface area contributed by atoms with Crippen molar-refractivity contribution in [3.8, 4) is 0 Å². The van der Waals surface area contributed by atoms with Crippen LogP contribution < -0.4 is 0 Å². The molecule has 1 heterocycles. The van der Waals surface area contributed by atoms with Crippen LogP contribution in [0.1, 0.15) is 46.2 Å². The zero-order valence-corrected chi connectivity index (χ0v) is 16.8. The number of amides is 1. The summed E-state index contributed by atoms with van der Waals surface area (Å²) in [6.07, 6.45) is -0.906. The summed E-state index contributed by atoms with van der Waals surface area (Å²) in [6.45, 7) is 8.71. The van der Waals surface area contributed by atoms with Crippen LogP contribution in [0.2, 0.25) is 0 Å². The van der Waals surface area contributed by atoms with E-state index in [0.717, 1.165) is 6.07 Å². The molecule has 26 heavy (non-hydrogen) atoms. The highest BCUT2D eigenvalue weighted by Crippen LogP contribution is 2.42. The average molecular weight is 406 g/mol. The van der Waals surface area contributed by atoms with Crippen LogP contribution in [0, 0.1) is 17.6 Å². The van der Waals surface area contributed by atoms with Gasteiger partial charge in [0.25, 0.3) is 0 Å². The number of nitrogens with zero attached hydrogens (tertiary/aromatic N) is 2. The molecule has 9 heteroatoms. The molecule has 1 aliphatic rings. The molecule has 0 aliphatic carbocycles. The number of amidine groups is 1. The second-order valence-electron chi connectivity index (χ2n) is 7.03. The van der Waals surface area contributed by atoms with Crippen molar-refractivity contribution in [2.24, 2.45) is 10.9 Å². The van der Waals surface area contributed by atoms with Crippen molar-refractivity contribution >= 4 is 35.4 Å². The van der Waals surface area contributed by atoms with Gasteiger partial charge in [0.05, 0.1) is 6.04 Å². The summed E-state index contributed by atoms with van der Waals surface area (Å²) in [5.41, 5.74) is -0.729. The molecule has 2 unspecified atom stereocenters. The molecule has 144 valence electrons. The van der Waals surface area contributed by atoms with Crippen LogP contribution in [0.25, 0.3) is 0 Å². The number of halogens is 3. The van der Waals surface area contributed by atoms with Gasteiger partial charge >= 0.3 is 6.09 Å². The lowest BCUT2D eigenvalue weighted by atomic mass is 9.92. The molecule has 2 rings (SSSR count). The van der Waals surface area contributed by atoms with E-state index in [2.05, 4.69) is 4.99 Å². The Morgan fingerprint density at radius 1 is 1.31 bits per heavy atom. The molecular weight excluding hydrogens is 385 g/mol. The Balaban J connectivity index is 2.41. The molecule has 0 N–H and O–H groups in total. The van der Waals surface area contributed by atoms with Gasteiger partial charge < -0.3 is 4.74 Å². The normalized spacial score (nSPS) is 23.4. The van der Waals surface area contributed by atoms with Gasteiger partial charge in [-0.15, -0.1) is 3.89 Å². The minimum absolute atomic E-state index is 0.0611. The van der Waals surface area contributed by atoms with Gasteiger partial charge in [-0.25, -0.2) is 13.6 Å². The second kappa shape index (κ2) is 8.12. The summed E-state index contributed by atoms with van der Waals surface area (Å²) < 4.78 is 47.2. The summed E-state index contributed by atoms with van der Waals surface area (Å²) in [5, 5.41) is -0.0433. The van der Waals surface area contributed by atoms with Crippen LogP contribution in [0.5, 0.6) is 0 Å². The number of carbonyl (C=O) groups excluding carboxylic acids is 1. The molecule has 3 atom stereocenters. The van der Waals surface area contributed by atoms with Crippen LogP contribution >= 0.6 is 24.1 Å². The lowest BCUT2D eigenvalue weighted by molar-refractivity contribution is 0.0473. The van der Waals surface area contributed by atoms with Crippen molar-refractivity contribution in [1.29, 1.82) is 0 Å². The number of carbonyl (C=O) groups is 1. The van der Waals surface area contributed by atoms with Gasteiger partial charge in [-0.1, -0.05) is 37.7 Å². The van der Waals surface area contributed by atoms with E-state index in [9.17, 15) is 17.5 Å². The molecule has 1 aromatic carbocycles. The number of benzene rings is 1. The molecule has 1 aliphatic heterocycles. The van der Waals surface area contributed by atoms with Crippen LogP contribution in [-0.4, -0.2) is 26.4 Å². The van der Waals surface area contributed by atoms with Gasteiger partial charge in [0.15, 0.2) is 29.1 Å². The smallest absolute Gasteiger partial charge is 0.428 e. The Morgan fingerprint density at radius 3 is 2.54 bits per heavy atom. The first-order valence-corrected chi connectivity index (χ1v) is 9.60.